The zero-order valence-electron chi connectivity index (χ0n) is 14.0. The maximum atomic E-state index is 11.3. The predicted octanol–water partition coefficient (Wildman–Crippen LogP) is 0.337. The van der Waals surface area contributed by atoms with Crippen molar-refractivity contribution in [2.24, 2.45) is 0 Å². The van der Waals surface area contributed by atoms with Gasteiger partial charge in [0.2, 0.25) is 12.4 Å². The van der Waals surface area contributed by atoms with Crippen molar-refractivity contribution in [1.29, 1.82) is 0 Å². The van der Waals surface area contributed by atoms with Gasteiger partial charge in [0.05, 0.1) is 0 Å². The van der Waals surface area contributed by atoms with Crippen LogP contribution in [0.25, 0.3) is 0 Å². The van der Waals surface area contributed by atoms with Crippen LogP contribution in [0.2, 0.25) is 0 Å². The van der Waals surface area contributed by atoms with E-state index in [4.69, 9.17) is 23.7 Å². The highest BCUT2D eigenvalue weighted by atomic mass is 16.7. The molecule has 9 nitrogen and oxygen atoms in total. The van der Waals surface area contributed by atoms with E-state index in [-0.39, 0.29) is 0 Å². The van der Waals surface area contributed by atoms with Crippen LogP contribution < -0.4 is 0 Å². The summed E-state index contributed by atoms with van der Waals surface area (Å²) in [6.07, 6.45) is -4.88. The van der Waals surface area contributed by atoms with Gasteiger partial charge in [-0.15, -0.1) is 0 Å². The molecule has 0 saturated carbocycles. The molecule has 0 amide bonds. The Kier molecular flexibility index (Phi) is 8.86. The minimum Gasteiger partial charge on any atom is -0.459 e. The highest BCUT2D eigenvalue weighted by Crippen LogP contribution is 2.19. The molecule has 0 fully saturated rings. The average molecular weight is 334 g/mol. The lowest BCUT2D eigenvalue weighted by Gasteiger charge is -2.33. The van der Waals surface area contributed by atoms with E-state index in [0.717, 1.165) is 20.8 Å². The molecule has 0 aromatic heterocycles. The predicted molar refractivity (Wildman–Crippen MR) is 74.9 cm³/mol. The van der Waals surface area contributed by atoms with Crippen molar-refractivity contribution < 1.29 is 42.9 Å². The quantitative estimate of drug-likeness (QED) is 0.352. The molecule has 0 saturated heterocycles. The Morgan fingerprint density at radius 2 is 1.04 bits per heavy atom. The first kappa shape index (κ1) is 20.8. The molecule has 0 heterocycles. The number of esters is 4. The summed E-state index contributed by atoms with van der Waals surface area (Å²) >= 11 is 0. The van der Waals surface area contributed by atoms with E-state index < -0.39 is 48.5 Å². The highest BCUT2D eigenvalue weighted by Gasteiger charge is 2.41. The summed E-state index contributed by atoms with van der Waals surface area (Å²) in [6, 6.07) is 0. The number of methoxy groups -OCH3 is 1. The summed E-state index contributed by atoms with van der Waals surface area (Å²) in [6.45, 7) is 5.99. The molecule has 0 bridgehead atoms. The largest absolute Gasteiger partial charge is 0.459 e. The molecule has 23 heavy (non-hydrogen) atoms. The van der Waals surface area contributed by atoms with Crippen molar-refractivity contribution in [2.45, 2.75) is 59.2 Å². The Morgan fingerprint density at radius 3 is 1.39 bits per heavy atom. The molecule has 0 radical (unpaired) electrons. The molecule has 0 aliphatic heterocycles. The third kappa shape index (κ3) is 8.15. The molecular weight excluding hydrogens is 312 g/mol. The minimum absolute atomic E-state index is 0.627. The second kappa shape index (κ2) is 9.78. The maximum absolute atomic E-state index is 11.3. The third-order valence-electron chi connectivity index (χ3n) is 2.53. The van der Waals surface area contributed by atoms with Gasteiger partial charge in [-0.2, -0.15) is 0 Å². The Labute approximate surface area is 134 Å². The monoisotopic (exact) mass is 334 g/mol. The van der Waals surface area contributed by atoms with Crippen LogP contribution in [-0.4, -0.2) is 55.6 Å². The number of carbonyl (C=O) groups excluding carboxylic acids is 4. The van der Waals surface area contributed by atoms with Crippen LogP contribution in [0.15, 0.2) is 0 Å². The van der Waals surface area contributed by atoms with Crippen LogP contribution >= 0.6 is 0 Å². The summed E-state index contributed by atoms with van der Waals surface area (Å²) in [5, 5.41) is 0. The van der Waals surface area contributed by atoms with Crippen molar-refractivity contribution in [2.75, 3.05) is 7.11 Å². The van der Waals surface area contributed by atoms with Crippen LogP contribution in [0.1, 0.15) is 34.6 Å². The van der Waals surface area contributed by atoms with Crippen LogP contribution in [0, 0.1) is 0 Å². The van der Waals surface area contributed by atoms with Gasteiger partial charge in [-0.3, -0.25) is 19.2 Å². The third-order valence-corrected chi connectivity index (χ3v) is 2.53. The Bertz CT molecular complexity index is 446. The molecule has 0 aromatic carbocycles. The fourth-order valence-electron chi connectivity index (χ4n) is 1.83. The van der Waals surface area contributed by atoms with Gasteiger partial charge in [-0.25, -0.2) is 0 Å². The average Bonchev–Trinajstić information content (AvgIpc) is 2.38. The first-order valence-corrected chi connectivity index (χ1v) is 6.80. The van der Waals surface area contributed by atoms with Gasteiger partial charge in [0, 0.05) is 34.8 Å². The van der Waals surface area contributed by atoms with Crippen LogP contribution in [0.5, 0.6) is 0 Å². The number of rotatable bonds is 8. The summed E-state index contributed by atoms with van der Waals surface area (Å²) in [4.78, 5) is 44.9. The lowest BCUT2D eigenvalue weighted by Crippen LogP contribution is -2.51. The molecule has 0 aromatic rings. The van der Waals surface area contributed by atoms with E-state index in [9.17, 15) is 19.2 Å². The van der Waals surface area contributed by atoms with E-state index in [2.05, 4.69) is 0 Å². The lowest BCUT2D eigenvalue weighted by molar-refractivity contribution is -0.232. The van der Waals surface area contributed by atoms with Gasteiger partial charge >= 0.3 is 23.9 Å². The Morgan fingerprint density at radius 1 is 0.652 bits per heavy atom. The maximum Gasteiger partial charge on any atom is 0.305 e. The second-order valence-corrected chi connectivity index (χ2v) is 4.68. The molecule has 4 atom stereocenters. The van der Waals surface area contributed by atoms with Gasteiger partial charge in [-0.1, -0.05) is 0 Å². The SMILES string of the molecule is COC(OC(C)=O)[C@@H](OC(C)=O)[C@H](OC(C)=O)[C@@H](C)OC(C)=O. The lowest BCUT2D eigenvalue weighted by atomic mass is 10.1. The van der Waals surface area contributed by atoms with Crippen LogP contribution in [-0.2, 0) is 42.9 Å². The topological polar surface area (TPSA) is 114 Å². The van der Waals surface area contributed by atoms with Crippen molar-refractivity contribution in [1.82, 2.24) is 0 Å². The van der Waals surface area contributed by atoms with E-state index in [1.54, 1.807) is 0 Å². The number of hydrogen-bond donors (Lipinski definition) is 0. The first-order chi connectivity index (χ1) is 10.6. The van der Waals surface area contributed by atoms with E-state index in [1.165, 1.54) is 21.0 Å². The number of carbonyl (C=O) groups is 4. The van der Waals surface area contributed by atoms with Crippen LogP contribution in [0.4, 0.5) is 0 Å². The molecule has 1 unspecified atom stereocenters. The van der Waals surface area contributed by atoms with E-state index in [0.29, 0.717) is 0 Å². The molecule has 0 aliphatic carbocycles. The summed E-state index contributed by atoms with van der Waals surface area (Å²) in [5.41, 5.74) is 0. The number of ether oxygens (including phenoxy) is 5. The molecule has 0 aliphatic rings. The first-order valence-electron chi connectivity index (χ1n) is 6.80. The molecule has 9 heteroatoms. The van der Waals surface area contributed by atoms with Crippen LogP contribution in [0.3, 0.4) is 0 Å². The zero-order valence-corrected chi connectivity index (χ0v) is 14.0. The Hall–Kier alpha value is -2.16. The summed E-state index contributed by atoms with van der Waals surface area (Å²) < 4.78 is 25.0. The van der Waals surface area contributed by atoms with Crippen molar-refractivity contribution in [3.05, 3.63) is 0 Å². The molecule has 0 rings (SSSR count). The highest BCUT2D eigenvalue weighted by molar-refractivity contribution is 5.68. The molecule has 132 valence electrons. The van der Waals surface area contributed by atoms with E-state index in [1.807, 2.05) is 0 Å². The molecule has 0 N–H and O–H groups in total. The minimum atomic E-state index is -1.35. The van der Waals surface area contributed by atoms with Gasteiger partial charge in [0.1, 0.15) is 6.10 Å². The second-order valence-electron chi connectivity index (χ2n) is 4.68. The molecule has 0 spiro atoms. The molecular formula is C14H22O9. The smallest absolute Gasteiger partial charge is 0.305 e. The van der Waals surface area contributed by atoms with Gasteiger partial charge in [-0.05, 0) is 6.92 Å². The van der Waals surface area contributed by atoms with Gasteiger partial charge in [0.15, 0.2) is 6.10 Å². The van der Waals surface area contributed by atoms with Crippen molar-refractivity contribution >= 4 is 23.9 Å². The zero-order chi connectivity index (χ0) is 18.2. The van der Waals surface area contributed by atoms with Crippen molar-refractivity contribution in [3.63, 3.8) is 0 Å². The standard InChI is InChI=1S/C14H22O9/c1-7(20-8(2)15)12(21-9(3)16)13(22-10(4)17)14(19-6)23-11(5)18/h7,12-14H,1-6H3/t7-,12-,13+,14?/m1/s1. The van der Waals surface area contributed by atoms with Crippen molar-refractivity contribution in [3.8, 4) is 0 Å². The van der Waals surface area contributed by atoms with E-state index >= 15 is 0 Å². The fourth-order valence-corrected chi connectivity index (χ4v) is 1.83. The summed E-state index contributed by atoms with van der Waals surface area (Å²) in [7, 11) is 1.21. The Balaban J connectivity index is 5.57. The summed E-state index contributed by atoms with van der Waals surface area (Å²) in [5.74, 6) is -2.76. The van der Waals surface area contributed by atoms with Gasteiger partial charge < -0.3 is 23.7 Å². The normalized spacial score (nSPS) is 15.6. The number of hydrogen-bond acceptors (Lipinski definition) is 9. The van der Waals surface area contributed by atoms with Gasteiger partial charge in [0.25, 0.3) is 0 Å². The fraction of sp³-hybridized carbons (Fsp3) is 0.714.